The number of furan rings is 1. The fourth-order valence-corrected chi connectivity index (χ4v) is 2.52. The summed E-state index contributed by atoms with van der Waals surface area (Å²) in [6.07, 6.45) is 1.91. The minimum absolute atomic E-state index is 0.759. The lowest BCUT2D eigenvalue weighted by Crippen LogP contribution is -1.85. The van der Waals surface area contributed by atoms with E-state index < -0.39 is 0 Å². The van der Waals surface area contributed by atoms with Gasteiger partial charge in [-0.3, -0.25) is 0 Å². The molecule has 0 saturated heterocycles. The predicted molar refractivity (Wildman–Crippen MR) is 78.2 cm³/mol. The molecule has 0 bridgehead atoms. The molecular formula is C17H17NO. The maximum atomic E-state index is 5.89. The predicted octanol–water partition coefficient (Wildman–Crippen LogP) is 4.62. The van der Waals surface area contributed by atoms with Gasteiger partial charge in [-0.15, -0.1) is 0 Å². The van der Waals surface area contributed by atoms with Crippen LogP contribution in [-0.4, -0.2) is 4.98 Å². The molecule has 0 radical (unpaired) electrons. The number of aromatic nitrogens is 1. The lowest BCUT2D eigenvalue weighted by Gasteiger charge is -2.00. The maximum absolute atomic E-state index is 5.89. The summed E-state index contributed by atoms with van der Waals surface area (Å²) in [6, 6.07) is 14.4. The highest BCUT2D eigenvalue weighted by Gasteiger charge is 2.13. The number of hydrogen-bond donors (Lipinski definition) is 0. The zero-order chi connectivity index (χ0) is 13.2. The monoisotopic (exact) mass is 251 g/mol. The lowest BCUT2D eigenvalue weighted by molar-refractivity contribution is 0.542. The first-order valence-electron chi connectivity index (χ1n) is 6.80. The van der Waals surface area contributed by atoms with Crippen LogP contribution in [0.4, 0.5) is 0 Å². The van der Waals surface area contributed by atoms with Crippen LogP contribution in [-0.2, 0) is 12.8 Å². The minimum atomic E-state index is 0.759. The molecule has 0 saturated carbocycles. The average Bonchev–Trinajstić information content (AvgIpc) is 2.84. The summed E-state index contributed by atoms with van der Waals surface area (Å²) in [4.78, 5) is 4.66. The van der Waals surface area contributed by atoms with Gasteiger partial charge in [0.15, 0.2) is 0 Å². The van der Waals surface area contributed by atoms with Crippen molar-refractivity contribution >= 4 is 11.1 Å². The molecule has 0 aliphatic heterocycles. The Balaban J connectivity index is 2.17. The second kappa shape index (κ2) is 4.88. The van der Waals surface area contributed by atoms with Crippen LogP contribution in [0.5, 0.6) is 0 Å². The number of fused-ring (bicyclic) bond motifs is 1. The summed E-state index contributed by atoms with van der Waals surface area (Å²) in [5, 5.41) is 1.15. The van der Waals surface area contributed by atoms with Crippen molar-refractivity contribution in [3.8, 4) is 11.3 Å². The summed E-state index contributed by atoms with van der Waals surface area (Å²) in [7, 11) is 0. The number of rotatable bonds is 3. The number of nitrogens with zero attached hydrogens (tertiary/aromatic N) is 1. The highest BCUT2D eigenvalue weighted by molar-refractivity contribution is 5.81. The smallest absolute Gasteiger partial charge is 0.227 e. The fraction of sp³-hybridized carbons (Fsp3) is 0.235. The first-order valence-corrected chi connectivity index (χ1v) is 6.80. The molecule has 0 N–H and O–H groups in total. The maximum Gasteiger partial charge on any atom is 0.227 e. The van der Waals surface area contributed by atoms with Gasteiger partial charge in [-0.2, -0.15) is 0 Å². The largest absolute Gasteiger partial charge is 0.442 e. The molecule has 2 aromatic heterocycles. The number of hydrogen-bond acceptors (Lipinski definition) is 2. The number of aryl methyl sites for hydroxylation is 2. The zero-order valence-electron chi connectivity index (χ0n) is 11.3. The molecule has 0 unspecified atom stereocenters. The van der Waals surface area contributed by atoms with Gasteiger partial charge in [0.2, 0.25) is 5.71 Å². The number of benzene rings is 1. The highest BCUT2D eigenvalue weighted by Crippen LogP contribution is 2.28. The van der Waals surface area contributed by atoms with Crippen molar-refractivity contribution in [2.45, 2.75) is 26.7 Å². The second-order valence-corrected chi connectivity index (χ2v) is 4.63. The molecule has 2 heterocycles. The topological polar surface area (TPSA) is 26.0 Å². The van der Waals surface area contributed by atoms with Gasteiger partial charge in [0.1, 0.15) is 5.76 Å². The Hall–Kier alpha value is -2.09. The molecule has 3 rings (SSSR count). The molecule has 2 nitrogen and oxygen atoms in total. The quantitative estimate of drug-likeness (QED) is 0.679. The Morgan fingerprint density at radius 2 is 1.74 bits per heavy atom. The van der Waals surface area contributed by atoms with Gasteiger partial charge in [0, 0.05) is 22.9 Å². The molecule has 2 heteroatoms. The van der Waals surface area contributed by atoms with E-state index in [2.05, 4.69) is 43.1 Å². The van der Waals surface area contributed by atoms with E-state index in [4.69, 9.17) is 4.42 Å². The van der Waals surface area contributed by atoms with E-state index in [-0.39, 0.29) is 0 Å². The fourth-order valence-electron chi connectivity index (χ4n) is 2.52. The van der Waals surface area contributed by atoms with Crippen molar-refractivity contribution in [2.24, 2.45) is 0 Å². The molecule has 0 atom stereocenters. The van der Waals surface area contributed by atoms with Gasteiger partial charge in [-0.25, -0.2) is 4.98 Å². The molecule has 96 valence electrons. The van der Waals surface area contributed by atoms with Gasteiger partial charge >= 0.3 is 0 Å². The molecule has 0 fully saturated rings. The Bertz CT molecular complexity index is 698. The van der Waals surface area contributed by atoms with E-state index in [1.165, 1.54) is 5.56 Å². The zero-order valence-corrected chi connectivity index (χ0v) is 11.3. The van der Waals surface area contributed by atoms with Crippen LogP contribution >= 0.6 is 0 Å². The summed E-state index contributed by atoms with van der Waals surface area (Å²) >= 11 is 0. The van der Waals surface area contributed by atoms with Crippen molar-refractivity contribution in [3.63, 3.8) is 0 Å². The van der Waals surface area contributed by atoms with Gasteiger partial charge < -0.3 is 4.42 Å². The van der Waals surface area contributed by atoms with Gasteiger partial charge in [-0.05, 0) is 18.6 Å². The molecular weight excluding hydrogens is 234 g/mol. The average molecular weight is 251 g/mol. The first-order chi connectivity index (χ1) is 9.33. The third-order valence-electron chi connectivity index (χ3n) is 3.49. The second-order valence-electron chi connectivity index (χ2n) is 4.63. The van der Waals surface area contributed by atoms with Crippen LogP contribution in [0.15, 0.2) is 46.9 Å². The summed E-state index contributed by atoms with van der Waals surface area (Å²) in [5.41, 5.74) is 4.14. The van der Waals surface area contributed by atoms with E-state index in [0.717, 1.165) is 41.0 Å². The van der Waals surface area contributed by atoms with Gasteiger partial charge in [0.05, 0.1) is 5.69 Å². The van der Waals surface area contributed by atoms with Crippen molar-refractivity contribution in [3.05, 3.63) is 53.8 Å². The summed E-state index contributed by atoms with van der Waals surface area (Å²) < 4.78 is 5.89. The van der Waals surface area contributed by atoms with E-state index in [1.807, 2.05) is 18.2 Å². The lowest BCUT2D eigenvalue weighted by atomic mass is 10.1. The third-order valence-corrected chi connectivity index (χ3v) is 3.49. The van der Waals surface area contributed by atoms with E-state index in [9.17, 15) is 0 Å². The van der Waals surface area contributed by atoms with Crippen LogP contribution in [0.1, 0.15) is 25.2 Å². The molecule has 3 aromatic rings. The molecule has 1 aromatic carbocycles. The van der Waals surface area contributed by atoms with Crippen LogP contribution in [0.3, 0.4) is 0 Å². The molecule has 0 spiro atoms. The minimum Gasteiger partial charge on any atom is -0.442 e. The van der Waals surface area contributed by atoms with Crippen molar-refractivity contribution in [2.75, 3.05) is 0 Å². The van der Waals surface area contributed by atoms with E-state index >= 15 is 0 Å². The van der Waals surface area contributed by atoms with Gasteiger partial charge in [-0.1, -0.05) is 44.2 Å². The molecule has 0 aliphatic carbocycles. The van der Waals surface area contributed by atoms with E-state index in [0.29, 0.717) is 0 Å². The molecule has 0 aliphatic rings. The Morgan fingerprint density at radius 3 is 2.42 bits per heavy atom. The van der Waals surface area contributed by atoms with Gasteiger partial charge in [0.25, 0.3) is 0 Å². The van der Waals surface area contributed by atoms with Crippen LogP contribution in [0, 0.1) is 0 Å². The Labute approximate surface area is 113 Å². The van der Waals surface area contributed by atoms with Crippen LogP contribution in [0.2, 0.25) is 0 Å². The SMILES string of the molecule is CCc1oc2nc(-c3ccccc3)ccc2c1CC. The van der Waals surface area contributed by atoms with Crippen LogP contribution in [0.25, 0.3) is 22.4 Å². The Kier molecular flexibility index (Phi) is 3.08. The van der Waals surface area contributed by atoms with Crippen molar-refractivity contribution in [1.29, 1.82) is 0 Å². The van der Waals surface area contributed by atoms with Crippen molar-refractivity contribution in [1.82, 2.24) is 4.98 Å². The number of pyridine rings is 1. The normalized spacial score (nSPS) is 11.1. The summed E-state index contributed by atoms with van der Waals surface area (Å²) in [5.74, 6) is 1.07. The standard InChI is InChI=1S/C17H17NO/c1-3-13-14-10-11-15(12-8-6-5-7-9-12)18-17(14)19-16(13)4-2/h5-11H,3-4H2,1-2H3. The highest BCUT2D eigenvalue weighted by atomic mass is 16.3. The molecule has 19 heavy (non-hydrogen) atoms. The van der Waals surface area contributed by atoms with E-state index in [1.54, 1.807) is 0 Å². The first kappa shape index (κ1) is 12.0. The molecule has 0 amide bonds. The third kappa shape index (κ3) is 2.03. The van der Waals surface area contributed by atoms with Crippen molar-refractivity contribution < 1.29 is 4.42 Å². The van der Waals surface area contributed by atoms with Crippen LogP contribution < -0.4 is 0 Å². The summed E-state index contributed by atoms with van der Waals surface area (Å²) in [6.45, 7) is 4.28. The Morgan fingerprint density at radius 1 is 0.947 bits per heavy atom.